The molecule has 1 atom stereocenters. The third-order valence-corrected chi connectivity index (χ3v) is 5.80. The number of ether oxygens (including phenoxy) is 2. The van der Waals surface area contributed by atoms with E-state index in [-0.39, 0.29) is 18.4 Å². The molecule has 0 unspecified atom stereocenters. The van der Waals surface area contributed by atoms with Crippen molar-refractivity contribution in [2.24, 2.45) is 0 Å². The van der Waals surface area contributed by atoms with Crippen LogP contribution in [0.3, 0.4) is 0 Å². The minimum Gasteiger partial charge on any atom is -0.497 e. The van der Waals surface area contributed by atoms with E-state index in [1.165, 1.54) is 0 Å². The summed E-state index contributed by atoms with van der Waals surface area (Å²) < 4.78 is 11.0. The standard InChI is InChI=1S/C23H28N4O4/c1-24-23(29)21-15-27(19-5-3-4-6-20(19)31-21)16-22(28)26-13-11-25(12-14-26)17-7-9-18(30-2)10-8-17/h3-10,21H,11-16H2,1-2H3,(H,24,29)/t21-/m1/s1. The van der Waals surface area contributed by atoms with Crippen LogP contribution in [0, 0.1) is 0 Å². The van der Waals surface area contributed by atoms with Crippen molar-refractivity contribution in [1.82, 2.24) is 10.2 Å². The van der Waals surface area contributed by atoms with Gasteiger partial charge in [0, 0.05) is 38.9 Å². The lowest BCUT2D eigenvalue weighted by molar-refractivity contribution is -0.131. The first-order valence-corrected chi connectivity index (χ1v) is 10.5. The van der Waals surface area contributed by atoms with Crippen LogP contribution in [0.5, 0.6) is 11.5 Å². The van der Waals surface area contributed by atoms with Crippen molar-refractivity contribution in [2.75, 3.05) is 63.2 Å². The molecule has 2 aliphatic rings. The normalized spacial score (nSPS) is 18.1. The lowest BCUT2D eigenvalue weighted by atomic mass is 10.1. The van der Waals surface area contributed by atoms with Crippen LogP contribution >= 0.6 is 0 Å². The summed E-state index contributed by atoms with van der Waals surface area (Å²) in [6.07, 6.45) is -0.639. The highest BCUT2D eigenvalue weighted by molar-refractivity contribution is 5.86. The van der Waals surface area contributed by atoms with Crippen LogP contribution in [0.2, 0.25) is 0 Å². The summed E-state index contributed by atoms with van der Waals surface area (Å²) >= 11 is 0. The van der Waals surface area contributed by atoms with Crippen molar-refractivity contribution in [3.63, 3.8) is 0 Å². The number of hydrogen-bond donors (Lipinski definition) is 1. The van der Waals surface area contributed by atoms with Gasteiger partial charge in [-0.25, -0.2) is 0 Å². The second-order valence-electron chi connectivity index (χ2n) is 7.63. The number of methoxy groups -OCH3 is 1. The molecule has 0 radical (unpaired) electrons. The number of carbonyl (C=O) groups is 2. The minimum atomic E-state index is -0.639. The molecule has 8 heteroatoms. The molecule has 0 saturated carbocycles. The first kappa shape index (κ1) is 20.8. The summed E-state index contributed by atoms with van der Waals surface area (Å²) in [6, 6.07) is 15.5. The fraction of sp³-hybridized carbons (Fsp3) is 0.391. The Kier molecular flexibility index (Phi) is 6.16. The van der Waals surface area contributed by atoms with Crippen LogP contribution in [-0.4, -0.2) is 76.2 Å². The SMILES string of the molecule is CNC(=O)[C@H]1CN(CC(=O)N2CCN(c3ccc(OC)cc3)CC2)c2ccccc2O1. The maximum atomic E-state index is 13.1. The third-order valence-electron chi connectivity index (χ3n) is 5.80. The van der Waals surface area contributed by atoms with E-state index in [9.17, 15) is 9.59 Å². The molecule has 1 saturated heterocycles. The minimum absolute atomic E-state index is 0.0572. The summed E-state index contributed by atoms with van der Waals surface area (Å²) in [6.45, 7) is 3.44. The van der Waals surface area contributed by atoms with E-state index in [1.54, 1.807) is 14.2 Å². The number of hydrogen-bond acceptors (Lipinski definition) is 6. The molecule has 2 heterocycles. The molecule has 164 valence electrons. The maximum Gasteiger partial charge on any atom is 0.262 e. The van der Waals surface area contributed by atoms with Crippen LogP contribution in [0.25, 0.3) is 0 Å². The Hall–Kier alpha value is -3.42. The van der Waals surface area contributed by atoms with Gasteiger partial charge < -0.3 is 29.5 Å². The number of carbonyl (C=O) groups excluding carboxylic acids is 2. The first-order chi connectivity index (χ1) is 15.1. The van der Waals surface area contributed by atoms with Gasteiger partial charge in [-0.2, -0.15) is 0 Å². The second-order valence-corrected chi connectivity index (χ2v) is 7.63. The van der Waals surface area contributed by atoms with Gasteiger partial charge in [-0.15, -0.1) is 0 Å². The number of anilines is 2. The predicted molar refractivity (Wildman–Crippen MR) is 119 cm³/mol. The summed E-state index contributed by atoms with van der Waals surface area (Å²) in [5, 5.41) is 2.63. The van der Waals surface area contributed by atoms with Crippen molar-refractivity contribution >= 4 is 23.2 Å². The number of para-hydroxylation sites is 2. The number of piperazine rings is 1. The Bertz CT molecular complexity index is 925. The van der Waals surface area contributed by atoms with Crippen LogP contribution in [0.4, 0.5) is 11.4 Å². The highest BCUT2D eigenvalue weighted by Gasteiger charge is 2.32. The molecule has 0 bridgehead atoms. The molecule has 0 spiro atoms. The van der Waals surface area contributed by atoms with E-state index in [2.05, 4.69) is 10.2 Å². The number of amides is 2. The molecule has 0 aliphatic carbocycles. The van der Waals surface area contributed by atoms with Gasteiger partial charge in [-0.05, 0) is 36.4 Å². The Morgan fingerprint density at radius 3 is 2.45 bits per heavy atom. The Morgan fingerprint density at radius 1 is 1.06 bits per heavy atom. The van der Waals surface area contributed by atoms with Crippen LogP contribution in [-0.2, 0) is 9.59 Å². The summed E-state index contributed by atoms with van der Waals surface area (Å²) in [5.41, 5.74) is 1.97. The number of rotatable bonds is 5. The van der Waals surface area contributed by atoms with Crippen molar-refractivity contribution in [2.45, 2.75) is 6.10 Å². The smallest absolute Gasteiger partial charge is 0.262 e. The molecule has 2 aromatic carbocycles. The maximum absolute atomic E-state index is 13.1. The average molecular weight is 425 g/mol. The summed E-state index contributed by atoms with van der Waals surface area (Å²) in [5.74, 6) is 1.32. The van der Waals surface area contributed by atoms with Gasteiger partial charge in [0.25, 0.3) is 5.91 Å². The molecular formula is C23H28N4O4. The van der Waals surface area contributed by atoms with Crippen LogP contribution in [0.15, 0.2) is 48.5 Å². The Balaban J connectivity index is 1.38. The van der Waals surface area contributed by atoms with E-state index < -0.39 is 6.10 Å². The zero-order valence-corrected chi connectivity index (χ0v) is 17.9. The monoisotopic (exact) mass is 424 g/mol. The van der Waals surface area contributed by atoms with Gasteiger partial charge in [0.1, 0.15) is 11.5 Å². The predicted octanol–water partition coefficient (Wildman–Crippen LogP) is 1.36. The molecule has 8 nitrogen and oxygen atoms in total. The molecule has 2 amide bonds. The zero-order chi connectivity index (χ0) is 21.8. The summed E-state index contributed by atoms with van der Waals surface area (Å²) in [7, 11) is 3.24. The molecule has 1 N–H and O–H groups in total. The van der Waals surface area contributed by atoms with Gasteiger partial charge in [0.2, 0.25) is 5.91 Å². The quantitative estimate of drug-likeness (QED) is 0.781. The zero-order valence-electron chi connectivity index (χ0n) is 17.9. The number of nitrogens with zero attached hydrogens (tertiary/aromatic N) is 3. The van der Waals surface area contributed by atoms with E-state index in [4.69, 9.17) is 9.47 Å². The van der Waals surface area contributed by atoms with E-state index in [0.29, 0.717) is 25.4 Å². The van der Waals surface area contributed by atoms with Crippen LogP contribution < -0.4 is 24.6 Å². The van der Waals surface area contributed by atoms with Gasteiger partial charge in [-0.3, -0.25) is 9.59 Å². The van der Waals surface area contributed by atoms with E-state index >= 15 is 0 Å². The van der Waals surface area contributed by atoms with Gasteiger partial charge >= 0.3 is 0 Å². The molecule has 31 heavy (non-hydrogen) atoms. The summed E-state index contributed by atoms with van der Waals surface area (Å²) in [4.78, 5) is 31.3. The van der Waals surface area contributed by atoms with Crippen molar-refractivity contribution < 1.29 is 19.1 Å². The molecular weight excluding hydrogens is 396 g/mol. The van der Waals surface area contributed by atoms with Crippen LogP contribution in [0.1, 0.15) is 0 Å². The van der Waals surface area contributed by atoms with Gasteiger partial charge in [-0.1, -0.05) is 12.1 Å². The van der Waals surface area contributed by atoms with Gasteiger partial charge in [0.05, 0.1) is 25.9 Å². The van der Waals surface area contributed by atoms with Crippen molar-refractivity contribution in [3.05, 3.63) is 48.5 Å². The molecule has 2 aliphatic heterocycles. The van der Waals surface area contributed by atoms with E-state index in [1.807, 2.05) is 58.3 Å². The largest absolute Gasteiger partial charge is 0.497 e. The lowest BCUT2D eigenvalue weighted by Crippen LogP contribution is -2.54. The fourth-order valence-corrected chi connectivity index (χ4v) is 4.02. The molecule has 4 rings (SSSR count). The average Bonchev–Trinajstić information content (AvgIpc) is 2.83. The number of likely N-dealkylation sites (N-methyl/N-ethyl adjacent to an activating group) is 1. The second kappa shape index (κ2) is 9.16. The highest BCUT2D eigenvalue weighted by Crippen LogP contribution is 2.33. The van der Waals surface area contributed by atoms with Gasteiger partial charge in [0.15, 0.2) is 6.10 Å². The van der Waals surface area contributed by atoms with Crippen molar-refractivity contribution in [3.8, 4) is 11.5 Å². The topological polar surface area (TPSA) is 74.4 Å². The first-order valence-electron chi connectivity index (χ1n) is 10.5. The number of fused-ring (bicyclic) bond motifs is 1. The highest BCUT2D eigenvalue weighted by atomic mass is 16.5. The molecule has 0 aromatic heterocycles. The molecule has 2 aromatic rings. The fourth-order valence-electron chi connectivity index (χ4n) is 4.02. The number of nitrogens with one attached hydrogen (secondary N) is 1. The van der Waals surface area contributed by atoms with Crippen molar-refractivity contribution in [1.29, 1.82) is 0 Å². The number of benzene rings is 2. The molecule has 1 fully saturated rings. The Morgan fingerprint density at radius 2 is 1.77 bits per heavy atom. The lowest BCUT2D eigenvalue weighted by Gasteiger charge is -2.39. The third kappa shape index (κ3) is 4.52. The van der Waals surface area contributed by atoms with E-state index in [0.717, 1.165) is 30.2 Å². The Labute approximate surface area is 182 Å².